The summed E-state index contributed by atoms with van der Waals surface area (Å²) in [6.07, 6.45) is 0. The van der Waals surface area contributed by atoms with Crippen molar-refractivity contribution in [3.8, 4) is 11.4 Å². The SMILES string of the molecule is O=C(O)c1ccc(O)c(-n2nc3ccc(S(=O)(=O)O)cc3n2)c1. The molecule has 0 saturated carbocycles. The maximum atomic E-state index is 11.1. The number of rotatable bonds is 3. The summed E-state index contributed by atoms with van der Waals surface area (Å²) in [5.41, 5.74) is 0.407. The van der Waals surface area contributed by atoms with Gasteiger partial charge in [-0.05, 0) is 36.4 Å². The van der Waals surface area contributed by atoms with Crippen LogP contribution in [0.5, 0.6) is 5.75 Å². The fourth-order valence-electron chi connectivity index (χ4n) is 1.98. The normalized spacial score (nSPS) is 11.7. The number of carboxylic acids is 1. The molecule has 0 aliphatic rings. The van der Waals surface area contributed by atoms with Gasteiger partial charge in [0.2, 0.25) is 0 Å². The number of phenolic OH excluding ortho intramolecular Hbond substituents is 1. The number of aromatic hydroxyl groups is 1. The molecule has 0 amide bonds. The highest BCUT2D eigenvalue weighted by Gasteiger charge is 2.15. The van der Waals surface area contributed by atoms with Crippen molar-refractivity contribution < 1.29 is 28.0 Å². The lowest BCUT2D eigenvalue weighted by atomic mass is 10.2. The average molecular weight is 335 g/mol. The van der Waals surface area contributed by atoms with Crippen LogP contribution in [0.25, 0.3) is 16.7 Å². The zero-order valence-electron chi connectivity index (χ0n) is 11.3. The van der Waals surface area contributed by atoms with Gasteiger partial charge in [-0.2, -0.15) is 8.42 Å². The Kier molecular flexibility index (Phi) is 3.27. The van der Waals surface area contributed by atoms with E-state index in [0.717, 1.165) is 16.9 Å². The van der Waals surface area contributed by atoms with Gasteiger partial charge in [0.15, 0.2) is 0 Å². The van der Waals surface area contributed by atoms with E-state index in [-0.39, 0.29) is 27.4 Å². The number of phenols is 1. The van der Waals surface area contributed by atoms with Gasteiger partial charge in [0, 0.05) is 0 Å². The number of hydrogen-bond acceptors (Lipinski definition) is 6. The molecule has 1 heterocycles. The largest absolute Gasteiger partial charge is 0.506 e. The standard InChI is InChI=1S/C13H9N3O6S/c17-12-4-1-7(13(18)19)5-11(12)16-14-9-3-2-8(23(20,21)22)6-10(9)15-16/h1-6,17H,(H,18,19)(H,20,21,22). The second-order valence-electron chi connectivity index (χ2n) is 4.62. The highest BCUT2D eigenvalue weighted by molar-refractivity contribution is 7.85. The van der Waals surface area contributed by atoms with Crippen molar-refractivity contribution in [3.05, 3.63) is 42.0 Å². The number of carboxylic acid groups (broad SMARTS) is 1. The fraction of sp³-hybridized carbons (Fsp3) is 0. The minimum Gasteiger partial charge on any atom is -0.506 e. The molecule has 3 aromatic rings. The first-order valence-electron chi connectivity index (χ1n) is 6.17. The van der Waals surface area contributed by atoms with Gasteiger partial charge >= 0.3 is 5.97 Å². The molecule has 0 radical (unpaired) electrons. The number of aromatic carboxylic acids is 1. The molecule has 0 bridgehead atoms. The zero-order chi connectivity index (χ0) is 16.8. The molecule has 2 aromatic carbocycles. The van der Waals surface area contributed by atoms with Gasteiger partial charge in [-0.3, -0.25) is 4.55 Å². The smallest absolute Gasteiger partial charge is 0.335 e. The predicted octanol–water partition coefficient (Wildman–Crippen LogP) is 1.07. The lowest BCUT2D eigenvalue weighted by molar-refractivity contribution is 0.0697. The predicted molar refractivity (Wildman–Crippen MR) is 77.3 cm³/mol. The van der Waals surface area contributed by atoms with E-state index in [0.29, 0.717) is 5.52 Å². The molecule has 3 N–H and O–H groups in total. The third kappa shape index (κ3) is 2.72. The molecule has 10 heteroatoms. The number of fused-ring (bicyclic) bond motifs is 1. The van der Waals surface area contributed by atoms with Gasteiger partial charge in [-0.25, -0.2) is 4.79 Å². The summed E-state index contributed by atoms with van der Waals surface area (Å²) < 4.78 is 31.3. The van der Waals surface area contributed by atoms with Crippen LogP contribution in [-0.4, -0.2) is 44.1 Å². The average Bonchev–Trinajstić information content (AvgIpc) is 2.89. The Labute approximate surface area is 129 Å². The van der Waals surface area contributed by atoms with E-state index in [2.05, 4.69) is 10.2 Å². The van der Waals surface area contributed by atoms with Gasteiger partial charge in [-0.15, -0.1) is 15.0 Å². The first kappa shape index (κ1) is 14.9. The Morgan fingerprint density at radius 3 is 2.39 bits per heavy atom. The first-order valence-corrected chi connectivity index (χ1v) is 7.61. The molecule has 23 heavy (non-hydrogen) atoms. The zero-order valence-corrected chi connectivity index (χ0v) is 12.1. The van der Waals surface area contributed by atoms with Gasteiger partial charge in [0.25, 0.3) is 10.1 Å². The van der Waals surface area contributed by atoms with Crippen molar-refractivity contribution in [3.63, 3.8) is 0 Å². The lowest BCUT2D eigenvalue weighted by Gasteiger charge is -2.03. The van der Waals surface area contributed by atoms with E-state index in [1.165, 1.54) is 24.3 Å². The summed E-state index contributed by atoms with van der Waals surface area (Å²) in [7, 11) is -4.38. The third-order valence-corrected chi connectivity index (χ3v) is 3.94. The Hall–Kier alpha value is -2.98. The first-order chi connectivity index (χ1) is 10.8. The van der Waals surface area contributed by atoms with Gasteiger partial charge in [0.05, 0.1) is 10.5 Å². The van der Waals surface area contributed by atoms with Crippen molar-refractivity contribution in [2.24, 2.45) is 0 Å². The summed E-state index contributed by atoms with van der Waals surface area (Å²) in [5, 5.41) is 26.9. The number of aromatic nitrogens is 3. The van der Waals surface area contributed by atoms with E-state index in [1.807, 2.05) is 0 Å². The van der Waals surface area contributed by atoms with E-state index in [1.54, 1.807) is 0 Å². The highest BCUT2D eigenvalue weighted by atomic mass is 32.2. The molecule has 118 valence electrons. The molecule has 0 unspecified atom stereocenters. The van der Waals surface area contributed by atoms with Crippen LogP contribution >= 0.6 is 0 Å². The van der Waals surface area contributed by atoms with Crippen LogP contribution in [0.15, 0.2) is 41.3 Å². The van der Waals surface area contributed by atoms with E-state index in [4.69, 9.17) is 9.66 Å². The summed E-state index contributed by atoms with van der Waals surface area (Å²) in [6.45, 7) is 0. The molecule has 3 rings (SSSR count). The van der Waals surface area contributed by atoms with E-state index in [9.17, 15) is 18.3 Å². The number of benzene rings is 2. The van der Waals surface area contributed by atoms with Gasteiger partial charge in [-0.1, -0.05) is 0 Å². The second kappa shape index (κ2) is 5.04. The maximum absolute atomic E-state index is 11.1. The Morgan fingerprint density at radius 1 is 1.04 bits per heavy atom. The van der Waals surface area contributed by atoms with Crippen LogP contribution in [0.2, 0.25) is 0 Å². The quantitative estimate of drug-likeness (QED) is 0.603. The molecule has 0 aliphatic heterocycles. The number of hydrogen-bond donors (Lipinski definition) is 3. The number of nitrogens with zero attached hydrogens (tertiary/aromatic N) is 3. The summed E-state index contributed by atoms with van der Waals surface area (Å²) in [4.78, 5) is 11.6. The molecule has 0 aliphatic carbocycles. The fourth-order valence-corrected chi connectivity index (χ4v) is 2.48. The van der Waals surface area contributed by atoms with E-state index < -0.39 is 16.1 Å². The molecule has 1 aromatic heterocycles. The van der Waals surface area contributed by atoms with E-state index >= 15 is 0 Å². The molecule has 0 atom stereocenters. The Balaban J connectivity index is 2.18. The van der Waals surface area contributed by atoms with Crippen LogP contribution in [0.1, 0.15) is 10.4 Å². The molecule has 0 spiro atoms. The number of carbonyl (C=O) groups is 1. The highest BCUT2D eigenvalue weighted by Crippen LogP contribution is 2.24. The Morgan fingerprint density at radius 2 is 1.74 bits per heavy atom. The molecule has 0 fully saturated rings. The lowest BCUT2D eigenvalue weighted by Crippen LogP contribution is -2.03. The van der Waals surface area contributed by atoms with Crippen molar-refractivity contribution in [2.75, 3.05) is 0 Å². The molecule has 0 saturated heterocycles. The van der Waals surface area contributed by atoms with Crippen LogP contribution in [-0.2, 0) is 10.1 Å². The van der Waals surface area contributed by atoms with Crippen LogP contribution in [0.3, 0.4) is 0 Å². The summed E-state index contributed by atoms with van der Waals surface area (Å²) in [6, 6.07) is 7.20. The topological polar surface area (TPSA) is 143 Å². The monoisotopic (exact) mass is 335 g/mol. The minimum absolute atomic E-state index is 0.0227. The Bertz CT molecular complexity index is 1040. The molecular formula is C13H9N3O6S. The van der Waals surface area contributed by atoms with Crippen molar-refractivity contribution >= 4 is 27.1 Å². The van der Waals surface area contributed by atoms with Crippen LogP contribution in [0, 0.1) is 0 Å². The third-order valence-electron chi connectivity index (χ3n) is 3.09. The van der Waals surface area contributed by atoms with Crippen LogP contribution < -0.4 is 0 Å². The summed E-state index contributed by atoms with van der Waals surface area (Å²) in [5.74, 6) is -1.43. The van der Waals surface area contributed by atoms with Crippen molar-refractivity contribution in [1.29, 1.82) is 0 Å². The van der Waals surface area contributed by atoms with Gasteiger partial charge < -0.3 is 10.2 Å². The second-order valence-corrected chi connectivity index (χ2v) is 6.05. The molecular weight excluding hydrogens is 326 g/mol. The van der Waals surface area contributed by atoms with Crippen LogP contribution in [0.4, 0.5) is 0 Å². The minimum atomic E-state index is -4.38. The van der Waals surface area contributed by atoms with Gasteiger partial charge in [0.1, 0.15) is 22.5 Å². The maximum Gasteiger partial charge on any atom is 0.335 e. The molecule has 9 nitrogen and oxygen atoms in total. The summed E-state index contributed by atoms with van der Waals surface area (Å²) >= 11 is 0. The van der Waals surface area contributed by atoms with Crippen molar-refractivity contribution in [2.45, 2.75) is 4.90 Å². The van der Waals surface area contributed by atoms with Crippen molar-refractivity contribution in [1.82, 2.24) is 15.0 Å².